The normalized spacial score (nSPS) is 11.2. The molecular formula is C48H34N2. The van der Waals surface area contributed by atoms with Gasteiger partial charge in [0.1, 0.15) is 0 Å². The van der Waals surface area contributed by atoms with Crippen LogP contribution >= 0.6 is 0 Å². The van der Waals surface area contributed by atoms with Gasteiger partial charge in [0.25, 0.3) is 0 Å². The van der Waals surface area contributed by atoms with E-state index < -0.39 is 0 Å². The zero-order chi connectivity index (χ0) is 33.3. The molecule has 1 N–H and O–H groups in total. The summed E-state index contributed by atoms with van der Waals surface area (Å²) in [5.41, 5.74) is 15.3. The number of rotatable bonds is 7. The number of aromatic nitrogens is 1. The topological polar surface area (TPSA) is 17.0 Å². The summed E-state index contributed by atoms with van der Waals surface area (Å²) in [5, 5.41) is 6.08. The maximum absolute atomic E-state index is 3.59. The third-order valence-electron chi connectivity index (χ3n) is 9.57. The molecule has 0 unspecified atom stereocenters. The van der Waals surface area contributed by atoms with E-state index in [1.54, 1.807) is 0 Å². The van der Waals surface area contributed by atoms with Crippen LogP contribution in [0.2, 0.25) is 0 Å². The molecule has 50 heavy (non-hydrogen) atoms. The van der Waals surface area contributed by atoms with E-state index in [-0.39, 0.29) is 0 Å². The molecule has 9 aromatic rings. The molecule has 0 bridgehead atoms. The third kappa shape index (κ3) is 5.53. The highest BCUT2D eigenvalue weighted by Gasteiger charge is 2.16. The number of anilines is 2. The van der Waals surface area contributed by atoms with Gasteiger partial charge in [-0.2, -0.15) is 0 Å². The minimum Gasteiger partial charge on any atom is -0.355 e. The van der Waals surface area contributed by atoms with Crippen LogP contribution in [0, 0.1) is 0 Å². The fourth-order valence-corrected chi connectivity index (χ4v) is 7.13. The first-order chi connectivity index (χ1) is 24.8. The second-order valence-corrected chi connectivity index (χ2v) is 12.7. The van der Waals surface area contributed by atoms with E-state index in [9.17, 15) is 0 Å². The molecule has 0 amide bonds. The Balaban J connectivity index is 1.14. The van der Waals surface area contributed by atoms with Crippen molar-refractivity contribution in [2.45, 2.75) is 0 Å². The second-order valence-electron chi connectivity index (χ2n) is 12.7. The van der Waals surface area contributed by atoms with Crippen molar-refractivity contribution in [3.8, 4) is 50.2 Å². The lowest BCUT2D eigenvalue weighted by Gasteiger charge is -2.14. The largest absolute Gasteiger partial charge is 0.355 e. The van der Waals surface area contributed by atoms with Crippen LogP contribution in [0.3, 0.4) is 0 Å². The van der Waals surface area contributed by atoms with Gasteiger partial charge in [-0.3, -0.25) is 0 Å². The molecule has 1 aromatic heterocycles. The fraction of sp³-hybridized carbons (Fsp3) is 0. The van der Waals surface area contributed by atoms with Crippen molar-refractivity contribution in [3.63, 3.8) is 0 Å². The first kappa shape index (κ1) is 29.5. The van der Waals surface area contributed by atoms with Crippen molar-refractivity contribution < 1.29 is 0 Å². The smallest absolute Gasteiger partial charge is 0.0541 e. The van der Waals surface area contributed by atoms with Crippen molar-refractivity contribution in [1.82, 2.24) is 4.57 Å². The summed E-state index contributed by atoms with van der Waals surface area (Å²) in [4.78, 5) is 0. The van der Waals surface area contributed by atoms with Crippen molar-refractivity contribution in [2.24, 2.45) is 0 Å². The second kappa shape index (κ2) is 12.8. The van der Waals surface area contributed by atoms with Crippen molar-refractivity contribution in [1.29, 1.82) is 0 Å². The Morgan fingerprint density at radius 2 is 0.840 bits per heavy atom. The maximum Gasteiger partial charge on any atom is 0.0541 e. The Morgan fingerprint density at radius 1 is 0.320 bits per heavy atom. The van der Waals surface area contributed by atoms with E-state index in [0.717, 1.165) is 17.1 Å². The molecule has 236 valence electrons. The van der Waals surface area contributed by atoms with Gasteiger partial charge in [-0.25, -0.2) is 0 Å². The van der Waals surface area contributed by atoms with Crippen LogP contribution in [-0.4, -0.2) is 4.57 Å². The summed E-state index contributed by atoms with van der Waals surface area (Å²) in [6.45, 7) is 0. The molecule has 0 saturated carbocycles. The van der Waals surface area contributed by atoms with E-state index >= 15 is 0 Å². The number of hydrogen-bond donors (Lipinski definition) is 1. The highest BCUT2D eigenvalue weighted by Crippen LogP contribution is 2.38. The molecule has 0 aliphatic carbocycles. The SMILES string of the molecule is c1ccc(Nc2ccccc2-c2ccc(-c3ccc4c(c3)c3ccccc3n4-c3cc(-c4ccccc4)cc(-c4ccccc4)c3)cc2)cc1. The molecule has 0 spiro atoms. The maximum atomic E-state index is 3.59. The van der Waals surface area contributed by atoms with E-state index in [0.29, 0.717) is 0 Å². The van der Waals surface area contributed by atoms with Gasteiger partial charge >= 0.3 is 0 Å². The lowest BCUT2D eigenvalue weighted by molar-refractivity contribution is 1.18. The molecule has 9 rings (SSSR count). The van der Waals surface area contributed by atoms with Crippen LogP contribution < -0.4 is 5.32 Å². The van der Waals surface area contributed by atoms with Crippen molar-refractivity contribution in [3.05, 3.63) is 200 Å². The Hall–Kier alpha value is -6.64. The van der Waals surface area contributed by atoms with Crippen LogP contribution in [0.25, 0.3) is 72.0 Å². The average molecular weight is 639 g/mol. The molecule has 0 fully saturated rings. The van der Waals surface area contributed by atoms with E-state index in [4.69, 9.17) is 0 Å². The molecule has 0 aliphatic heterocycles. The van der Waals surface area contributed by atoms with Gasteiger partial charge < -0.3 is 9.88 Å². The predicted octanol–water partition coefficient (Wildman–Crippen LogP) is 13.2. The molecule has 0 aliphatic rings. The summed E-state index contributed by atoms with van der Waals surface area (Å²) in [6.07, 6.45) is 0. The van der Waals surface area contributed by atoms with Gasteiger partial charge in [-0.1, -0.05) is 146 Å². The molecule has 0 saturated heterocycles. The number of hydrogen-bond acceptors (Lipinski definition) is 1. The summed E-state index contributed by atoms with van der Waals surface area (Å²) < 4.78 is 2.42. The van der Waals surface area contributed by atoms with E-state index in [1.807, 2.05) is 6.07 Å². The highest BCUT2D eigenvalue weighted by atomic mass is 15.0. The number of benzene rings is 8. The van der Waals surface area contributed by atoms with Crippen LogP contribution in [-0.2, 0) is 0 Å². The van der Waals surface area contributed by atoms with Gasteiger partial charge in [-0.15, -0.1) is 0 Å². The first-order valence-corrected chi connectivity index (χ1v) is 17.1. The van der Waals surface area contributed by atoms with Gasteiger partial charge in [-0.05, 0) is 93.5 Å². The van der Waals surface area contributed by atoms with E-state index in [1.165, 1.54) is 66.3 Å². The number of nitrogens with one attached hydrogen (secondary N) is 1. The Kier molecular flexibility index (Phi) is 7.53. The quantitative estimate of drug-likeness (QED) is 0.184. The first-order valence-electron chi connectivity index (χ1n) is 17.1. The summed E-state index contributed by atoms with van der Waals surface area (Å²) in [7, 11) is 0. The molecule has 0 radical (unpaired) electrons. The standard InChI is InChI=1S/C48H34N2/c1-4-14-34(15-5-1)39-30-40(35-16-6-2-7-17-35)32-42(31-39)50-47-23-13-11-21-44(47)45-33-38(28-29-48(45)50)36-24-26-37(27-25-36)43-20-10-12-22-46(43)49-41-18-8-3-9-19-41/h1-33,49H. The minimum atomic E-state index is 1.08. The lowest BCUT2D eigenvalue weighted by Crippen LogP contribution is -1.96. The molecule has 0 atom stereocenters. The number of fused-ring (bicyclic) bond motifs is 3. The predicted molar refractivity (Wildman–Crippen MR) is 212 cm³/mol. The Labute approximate surface area is 292 Å². The van der Waals surface area contributed by atoms with Crippen LogP contribution in [0.1, 0.15) is 0 Å². The van der Waals surface area contributed by atoms with Gasteiger partial charge in [0, 0.05) is 33.4 Å². The Morgan fingerprint density at radius 3 is 1.54 bits per heavy atom. The number of nitrogens with zero attached hydrogens (tertiary/aromatic N) is 1. The van der Waals surface area contributed by atoms with Gasteiger partial charge in [0.05, 0.1) is 11.0 Å². The zero-order valence-corrected chi connectivity index (χ0v) is 27.5. The molecule has 2 heteroatoms. The Bertz CT molecular complexity index is 2530. The zero-order valence-electron chi connectivity index (χ0n) is 27.5. The van der Waals surface area contributed by atoms with Crippen molar-refractivity contribution >= 4 is 33.2 Å². The van der Waals surface area contributed by atoms with E-state index in [2.05, 4.69) is 204 Å². The van der Waals surface area contributed by atoms with Gasteiger partial charge in [0.2, 0.25) is 0 Å². The van der Waals surface area contributed by atoms with Crippen LogP contribution in [0.15, 0.2) is 200 Å². The lowest BCUT2D eigenvalue weighted by atomic mass is 9.97. The number of para-hydroxylation sites is 3. The average Bonchev–Trinajstić information content (AvgIpc) is 3.53. The minimum absolute atomic E-state index is 1.08. The van der Waals surface area contributed by atoms with Crippen LogP contribution in [0.4, 0.5) is 11.4 Å². The summed E-state index contributed by atoms with van der Waals surface area (Å²) in [5.74, 6) is 0. The molecular weight excluding hydrogens is 605 g/mol. The fourth-order valence-electron chi connectivity index (χ4n) is 7.13. The highest BCUT2D eigenvalue weighted by molar-refractivity contribution is 6.10. The summed E-state index contributed by atoms with van der Waals surface area (Å²) in [6, 6.07) is 71.7. The summed E-state index contributed by atoms with van der Waals surface area (Å²) >= 11 is 0. The monoisotopic (exact) mass is 638 g/mol. The molecule has 8 aromatic carbocycles. The van der Waals surface area contributed by atoms with Gasteiger partial charge in [0.15, 0.2) is 0 Å². The molecule has 1 heterocycles. The van der Waals surface area contributed by atoms with Crippen molar-refractivity contribution in [2.75, 3.05) is 5.32 Å². The van der Waals surface area contributed by atoms with Crippen LogP contribution in [0.5, 0.6) is 0 Å². The molecule has 2 nitrogen and oxygen atoms in total. The third-order valence-corrected chi connectivity index (χ3v) is 9.57.